The van der Waals surface area contributed by atoms with E-state index in [1.807, 2.05) is 13.8 Å². The third kappa shape index (κ3) is 7.05. The largest absolute Gasteiger partial charge is 0.464 e. The van der Waals surface area contributed by atoms with Crippen LogP contribution in [0.5, 0.6) is 0 Å². The molecule has 12 heavy (non-hydrogen) atoms. The lowest BCUT2D eigenvalue weighted by atomic mass is 10.1. The zero-order chi connectivity index (χ0) is 9.40. The molecule has 0 unspecified atom stereocenters. The second-order valence-corrected chi connectivity index (χ2v) is 2.86. The molecular formula is C8H14NO3. The van der Waals surface area contributed by atoms with Crippen LogP contribution in [0.2, 0.25) is 0 Å². The summed E-state index contributed by atoms with van der Waals surface area (Å²) in [5.74, 6) is 0.0994. The Labute approximate surface area is 72.3 Å². The summed E-state index contributed by atoms with van der Waals surface area (Å²) in [5, 5.41) is 2.11. The summed E-state index contributed by atoms with van der Waals surface area (Å²) < 4.78 is 4.77. The van der Waals surface area contributed by atoms with Gasteiger partial charge in [0.05, 0.1) is 6.61 Å². The average Bonchev–Trinajstić information content (AvgIpc) is 2.00. The zero-order valence-corrected chi connectivity index (χ0v) is 7.42. The lowest BCUT2D eigenvalue weighted by molar-refractivity contribution is -0.142. The first-order valence-electron chi connectivity index (χ1n) is 3.92. The standard InChI is InChI=1S/C8H14NO3/c1-7(2)3-4-12-8(11)5-9-6-10/h7H,3-5H2,1-2H3,(H,9,10). The highest BCUT2D eigenvalue weighted by molar-refractivity contribution is 5.74. The van der Waals surface area contributed by atoms with Crippen molar-refractivity contribution in [3.63, 3.8) is 0 Å². The molecule has 0 aliphatic heterocycles. The summed E-state index contributed by atoms with van der Waals surface area (Å²) in [6.45, 7) is 4.41. The molecule has 0 aromatic rings. The summed E-state index contributed by atoms with van der Waals surface area (Å²) in [5.41, 5.74) is 0. The number of ether oxygens (including phenoxy) is 1. The maximum atomic E-state index is 10.7. The molecule has 0 heterocycles. The molecule has 0 bridgehead atoms. The van der Waals surface area contributed by atoms with Gasteiger partial charge in [-0.15, -0.1) is 0 Å². The summed E-state index contributed by atoms with van der Waals surface area (Å²) in [4.78, 5) is 20.4. The molecular weight excluding hydrogens is 158 g/mol. The second kappa shape index (κ2) is 6.64. The Kier molecular flexibility index (Phi) is 6.05. The second-order valence-electron chi connectivity index (χ2n) is 2.86. The SMILES string of the molecule is CC(C)CCOC(=O)CN[C]=O. The van der Waals surface area contributed by atoms with Crippen LogP contribution in [0.4, 0.5) is 0 Å². The number of nitrogens with one attached hydrogen (secondary N) is 1. The van der Waals surface area contributed by atoms with Crippen molar-refractivity contribution in [2.24, 2.45) is 5.92 Å². The molecule has 1 amide bonds. The predicted octanol–water partition coefficient (Wildman–Crippen LogP) is 0.232. The number of amides is 1. The van der Waals surface area contributed by atoms with E-state index in [1.165, 1.54) is 6.41 Å². The first kappa shape index (κ1) is 10.9. The van der Waals surface area contributed by atoms with Crippen LogP contribution in [0.25, 0.3) is 0 Å². The summed E-state index contributed by atoms with van der Waals surface area (Å²) in [6.07, 6.45) is 2.24. The highest BCUT2D eigenvalue weighted by Crippen LogP contribution is 1.98. The summed E-state index contributed by atoms with van der Waals surface area (Å²) in [7, 11) is 0. The van der Waals surface area contributed by atoms with Gasteiger partial charge in [-0.1, -0.05) is 13.8 Å². The van der Waals surface area contributed by atoms with Crippen molar-refractivity contribution in [1.29, 1.82) is 0 Å². The number of esters is 1. The molecule has 0 spiro atoms. The zero-order valence-electron chi connectivity index (χ0n) is 7.42. The molecule has 69 valence electrons. The van der Waals surface area contributed by atoms with E-state index in [1.54, 1.807) is 0 Å². The van der Waals surface area contributed by atoms with Gasteiger partial charge >= 0.3 is 12.4 Å². The molecule has 0 aliphatic rings. The quantitative estimate of drug-likeness (QED) is 0.461. The minimum atomic E-state index is -0.418. The Morgan fingerprint density at radius 1 is 1.58 bits per heavy atom. The van der Waals surface area contributed by atoms with Gasteiger partial charge in [0, 0.05) is 0 Å². The van der Waals surface area contributed by atoms with E-state index in [2.05, 4.69) is 5.32 Å². The van der Waals surface area contributed by atoms with Crippen molar-refractivity contribution in [3.8, 4) is 0 Å². The molecule has 0 fully saturated rings. The van der Waals surface area contributed by atoms with Gasteiger partial charge in [0.1, 0.15) is 6.54 Å². The van der Waals surface area contributed by atoms with Gasteiger partial charge in [0.15, 0.2) is 0 Å². The van der Waals surface area contributed by atoms with Gasteiger partial charge in [-0.3, -0.25) is 9.59 Å². The Morgan fingerprint density at radius 3 is 2.75 bits per heavy atom. The molecule has 1 radical (unpaired) electrons. The van der Waals surface area contributed by atoms with E-state index in [4.69, 9.17) is 4.74 Å². The maximum absolute atomic E-state index is 10.7. The van der Waals surface area contributed by atoms with Gasteiger partial charge < -0.3 is 10.1 Å². The minimum absolute atomic E-state index is 0.0956. The van der Waals surface area contributed by atoms with Gasteiger partial charge in [0.25, 0.3) is 0 Å². The number of hydrogen-bond acceptors (Lipinski definition) is 3. The van der Waals surface area contributed by atoms with Crippen molar-refractivity contribution in [2.45, 2.75) is 20.3 Å². The fraction of sp³-hybridized carbons (Fsp3) is 0.750. The normalized spacial score (nSPS) is 9.58. The molecule has 0 saturated carbocycles. The number of rotatable bonds is 6. The molecule has 0 aromatic carbocycles. The fourth-order valence-corrected chi connectivity index (χ4v) is 0.568. The van der Waals surface area contributed by atoms with E-state index < -0.39 is 5.97 Å². The molecule has 4 heteroatoms. The van der Waals surface area contributed by atoms with Gasteiger partial charge in [-0.05, 0) is 12.3 Å². The maximum Gasteiger partial charge on any atom is 0.325 e. The van der Waals surface area contributed by atoms with Crippen LogP contribution < -0.4 is 5.32 Å². The highest BCUT2D eigenvalue weighted by atomic mass is 16.5. The number of carbonyl (C=O) groups excluding carboxylic acids is 2. The van der Waals surface area contributed by atoms with Gasteiger partial charge in [-0.25, -0.2) is 0 Å². The van der Waals surface area contributed by atoms with Crippen LogP contribution >= 0.6 is 0 Å². The smallest absolute Gasteiger partial charge is 0.325 e. The highest BCUT2D eigenvalue weighted by Gasteiger charge is 2.01. The molecule has 0 saturated heterocycles. The van der Waals surface area contributed by atoms with Crippen molar-refractivity contribution in [2.75, 3.05) is 13.2 Å². The van der Waals surface area contributed by atoms with E-state index in [0.29, 0.717) is 12.5 Å². The monoisotopic (exact) mass is 172 g/mol. The van der Waals surface area contributed by atoms with Gasteiger partial charge in [0.2, 0.25) is 0 Å². The van der Waals surface area contributed by atoms with E-state index >= 15 is 0 Å². The molecule has 0 aromatic heterocycles. The van der Waals surface area contributed by atoms with E-state index in [9.17, 15) is 9.59 Å². The third-order valence-corrected chi connectivity index (χ3v) is 1.26. The molecule has 1 N–H and O–H groups in total. The van der Waals surface area contributed by atoms with Crippen LogP contribution in [0, 0.1) is 5.92 Å². The molecule has 4 nitrogen and oxygen atoms in total. The number of hydrogen-bond donors (Lipinski definition) is 1. The average molecular weight is 172 g/mol. The van der Waals surface area contributed by atoms with Crippen molar-refractivity contribution >= 4 is 12.4 Å². The van der Waals surface area contributed by atoms with Crippen LogP contribution in [0.15, 0.2) is 0 Å². The third-order valence-electron chi connectivity index (χ3n) is 1.26. The summed E-state index contributed by atoms with van der Waals surface area (Å²) in [6, 6.07) is 0. The lowest BCUT2D eigenvalue weighted by Crippen LogP contribution is -2.23. The fourth-order valence-electron chi connectivity index (χ4n) is 0.568. The van der Waals surface area contributed by atoms with Crippen molar-refractivity contribution in [3.05, 3.63) is 0 Å². The topological polar surface area (TPSA) is 55.4 Å². The Morgan fingerprint density at radius 2 is 2.25 bits per heavy atom. The van der Waals surface area contributed by atoms with Crippen molar-refractivity contribution < 1.29 is 14.3 Å². The lowest BCUT2D eigenvalue weighted by Gasteiger charge is -2.05. The first-order chi connectivity index (χ1) is 5.66. The molecule has 0 rings (SSSR count). The Hall–Kier alpha value is -1.06. The number of carbonyl (C=O) groups is 1. The van der Waals surface area contributed by atoms with E-state index in [-0.39, 0.29) is 6.54 Å². The van der Waals surface area contributed by atoms with E-state index in [0.717, 1.165) is 6.42 Å². The van der Waals surface area contributed by atoms with Crippen LogP contribution in [0.3, 0.4) is 0 Å². The Balaban J connectivity index is 3.25. The van der Waals surface area contributed by atoms with Gasteiger partial charge in [-0.2, -0.15) is 0 Å². The van der Waals surface area contributed by atoms with Crippen LogP contribution in [0.1, 0.15) is 20.3 Å². The Bertz CT molecular complexity index is 145. The predicted molar refractivity (Wildman–Crippen MR) is 44.1 cm³/mol. The molecule has 0 atom stereocenters. The van der Waals surface area contributed by atoms with Crippen LogP contribution in [-0.4, -0.2) is 25.5 Å². The molecule has 0 aliphatic carbocycles. The minimum Gasteiger partial charge on any atom is -0.464 e. The first-order valence-corrected chi connectivity index (χ1v) is 3.92. The summed E-state index contributed by atoms with van der Waals surface area (Å²) >= 11 is 0. The van der Waals surface area contributed by atoms with Crippen LogP contribution in [-0.2, 0) is 14.3 Å². The van der Waals surface area contributed by atoms with Crippen molar-refractivity contribution in [1.82, 2.24) is 5.32 Å².